The van der Waals surface area contributed by atoms with Crippen molar-refractivity contribution >= 4 is 11.8 Å². The van der Waals surface area contributed by atoms with Crippen LogP contribution in [-0.4, -0.2) is 12.3 Å². The summed E-state index contributed by atoms with van der Waals surface area (Å²) in [4.78, 5) is 1.07. The van der Waals surface area contributed by atoms with Gasteiger partial charge >= 0.3 is 0 Å². The van der Waals surface area contributed by atoms with E-state index < -0.39 is 0 Å². The quantitative estimate of drug-likeness (QED) is 0.767. The Morgan fingerprint density at radius 1 is 1.26 bits per heavy atom. The Balaban J connectivity index is 1.94. The molecule has 0 amide bonds. The predicted octanol–water partition coefficient (Wildman–Crippen LogP) is 4.25. The van der Waals surface area contributed by atoms with Crippen LogP contribution in [0.5, 0.6) is 0 Å². The number of halogens is 1. The lowest BCUT2D eigenvalue weighted by Gasteiger charge is -2.15. The van der Waals surface area contributed by atoms with Crippen molar-refractivity contribution in [3.63, 3.8) is 0 Å². The highest BCUT2D eigenvalue weighted by Crippen LogP contribution is 2.25. The molecule has 1 aromatic carbocycles. The van der Waals surface area contributed by atoms with E-state index in [-0.39, 0.29) is 11.9 Å². The SMILES string of the molecule is CCCNC(CSc1ccc(F)cc1)c1ccco1. The molecule has 1 atom stereocenters. The Hall–Kier alpha value is -1.26. The molecular weight excluding hydrogens is 261 g/mol. The van der Waals surface area contributed by atoms with Gasteiger partial charge in [0.15, 0.2) is 0 Å². The zero-order chi connectivity index (χ0) is 13.5. The minimum atomic E-state index is -0.198. The largest absolute Gasteiger partial charge is 0.468 e. The fourth-order valence-corrected chi connectivity index (χ4v) is 2.73. The Bertz CT molecular complexity index is 469. The normalized spacial score (nSPS) is 12.5. The minimum absolute atomic E-state index is 0.185. The molecule has 0 saturated carbocycles. The first kappa shape index (κ1) is 14.2. The van der Waals surface area contributed by atoms with Gasteiger partial charge in [0.25, 0.3) is 0 Å². The smallest absolute Gasteiger partial charge is 0.123 e. The van der Waals surface area contributed by atoms with Crippen LogP contribution in [-0.2, 0) is 0 Å². The Morgan fingerprint density at radius 3 is 2.68 bits per heavy atom. The van der Waals surface area contributed by atoms with Crippen molar-refractivity contribution in [2.75, 3.05) is 12.3 Å². The summed E-state index contributed by atoms with van der Waals surface area (Å²) in [5.41, 5.74) is 0. The lowest BCUT2D eigenvalue weighted by molar-refractivity contribution is 0.435. The topological polar surface area (TPSA) is 25.2 Å². The molecule has 4 heteroatoms. The van der Waals surface area contributed by atoms with E-state index in [2.05, 4.69) is 12.2 Å². The predicted molar refractivity (Wildman–Crippen MR) is 76.9 cm³/mol. The number of thioether (sulfide) groups is 1. The Kier molecular flexibility index (Phi) is 5.48. The lowest BCUT2D eigenvalue weighted by Crippen LogP contribution is -2.23. The molecule has 0 aliphatic rings. The van der Waals surface area contributed by atoms with Gasteiger partial charge in [0.05, 0.1) is 12.3 Å². The summed E-state index contributed by atoms with van der Waals surface area (Å²) < 4.78 is 18.3. The molecular formula is C15H18FNOS. The van der Waals surface area contributed by atoms with E-state index >= 15 is 0 Å². The van der Waals surface area contributed by atoms with Gasteiger partial charge in [0.1, 0.15) is 11.6 Å². The average molecular weight is 279 g/mol. The molecule has 0 aliphatic heterocycles. The van der Waals surface area contributed by atoms with E-state index in [9.17, 15) is 4.39 Å². The zero-order valence-electron chi connectivity index (χ0n) is 10.9. The van der Waals surface area contributed by atoms with E-state index in [0.717, 1.165) is 29.4 Å². The van der Waals surface area contributed by atoms with E-state index in [1.54, 1.807) is 30.2 Å². The Morgan fingerprint density at radius 2 is 2.05 bits per heavy atom. The second-order valence-corrected chi connectivity index (χ2v) is 5.38. The third-order valence-corrected chi connectivity index (χ3v) is 3.86. The first-order valence-electron chi connectivity index (χ1n) is 6.44. The third-order valence-electron chi connectivity index (χ3n) is 2.76. The molecule has 0 spiro atoms. The molecule has 2 nitrogen and oxygen atoms in total. The molecule has 1 N–H and O–H groups in total. The molecule has 19 heavy (non-hydrogen) atoms. The van der Waals surface area contributed by atoms with Crippen LogP contribution >= 0.6 is 11.8 Å². The summed E-state index contributed by atoms with van der Waals surface area (Å²) in [5.74, 6) is 1.61. The molecule has 1 unspecified atom stereocenters. The molecule has 1 aromatic heterocycles. The number of hydrogen-bond donors (Lipinski definition) is 1. The van der Waals surface area contributed by atoms with Crippen molar-refractivity contribution in [3.05, 3.63) is 54.2 Å². The minimum Gasteiger partial charge on any atom is -0.468 e. The fourth-order valence-electron chi connectivity index (χ4n) is 1.76. The maximum absolute atomic E-state index is 12.8. The second kappa shape index (κ2) is 7.36. The van der Waals surface area contributed by atoms with Gasteiger partial charge in [-0.3, -0.25) is 0 Å². The van der Waals surface area contributed by atoms with Crippen LogP contribution in [0.3, 0.4) is 0 Å². The summed E-state index contributed by atoms with van der Waals surface area (Å²) in [7, 11) is 0. The van der Waals surface area contributed by atoms with Gasteiger partial charge in [0, 0.05) is 10.6 Å². The molecule has 0 aliphatic carbocycles. The Labute approximate surface area is 117 Å². The number of furan rings is 1. The van der Waals surface area contributed by atoms with Crippen LogP contribution < -0.4 is 5.32 Å². The summed E-state index contributed by atoms with van der Waals surface area (Å²) in [6, 6.07) is 10.7. The van der Waals surface area contributed by atoms with E-state index in [1.165, 1.54) is 12.1 Å². The van der Waals surface area contributed by atoms with Crippen LogP contribution in [0.1, 0.15) is 25.1 Å². The molecule has 0 fully saturated rings. The van der Waals surface area contributed by atoms with Gasteiger partial charge < -0.3 is 9.73 Å². The number of hydrogen-bond acceptors (Lipinski definition) is 3. The first-order chi connectivity index (χ1) is 9.29. The van der Waals surface area contributed by atoms with Crippen LogP contribution in [0, 0.1) is 5.82 Å². The average Bonchev–Trinajstić information content (AvgIpc) is 2.95. The first-order valence-corrected chi connectivity index (χ1v) is 7.43. The van der Waals surface area contributed by atoms with Crippen molar-refractivity contribution in [2.24, 2.45) is 0 Å². The second-order valence-electron chi connectivity index (χ2n) is 4.29. The molecule has 1 heterocycles. The molecule has 102 valence electrons. The summed E-state index contributed by atoms with van der Waals surface area (Å²) in [6.45, 7) is 3.09. The number of benzene rings is 1. The van der Waals surface area contributed by atoms with Gasteiger partial charge in [-0.2, -0.15) is 0 Å². The van der Waals surface area contributed by atoms with Gasteiger partial charge in [-0.15, -0.1) is 11.8 Å². The molecule has 2 aromatic rings. The third kappa shape index (κ3) is 4.40. The van der Waals surface area contributed by atoms with E-state index in [4.69, 9.17) is 4.42 Å². The van der Waals surface area contributed by atoms with E-state index in [1.807, 2.05) is 12.1 Å². The number of rotatable bonds is 7. The van der Waals surface area contributed by atoms with Crippen LogP contribution in [0.2, 0.25) is 0 Å². The van der Waals surface area contributed by atoms with E-state index in [0.29, 0.717) is 0 Å². The summed E-state index contributed by atoms with van der Waals surface area (Å²) in [5, 5.41) is 3.46. The molecule has 0 radical (unpaired) electrons. The fraction of sp³-hybridized carbons (Fsp3) is 0.333. The van der Waals surface area contributed by atoms with Gasteiger partial charge in [-0.05, 0) is 49.4 Å². The maximum Gasteiger partial charge on any atom is 0.123 e. The van der Waals surface area contributed by atoms with Crippen molar-refractivity contribution in [1.82, 2.24) is 5.32 Å². The van der Waals surface area contributed by atoms with Gasteiger partial charge in [-0.1, -0.05) is 6.92 Å². The van der Waals surface area contributed by atoms with Crippen molar-refractivity contribution in [1.29, 1.82) is 0 Å². The standard InChI is InChI=1S/C15H18FNOS/c1-2-9-17-14(15-4-3-10-18-15)11-19-13-7-5-12(16)6-8-13/h3-8,10,14,17H,2,9,11H2,1H3. The summed E-state index contributed by atoms with van der Waals surface area (Å²) in [6.07, 6.45) is 2.77. The monoisotopic (exact) mass is 279 g/mol. The lowest BCUT2D eigenvalue weighted by atomic mass is 10.2. The van der Waals surface area contributed by atoms with Crippen LogP contribution in [0.15, 0.2) is 52.0 Å². The zero-order valence-corrected chi connectivity index (χ0v) is 11.8. The van der Waals surface area contributed by atoms with Gasteiger partial charge in [0.2, 0.25) is 0 Å². The van der Waals surface area contributed by atoms with Gasteiger partial charge in [-0.25, -0.2) is 4.39 Å². The van der Waals surface area contributed by atoms with Crippen molar-refractivity contribution in [3.8, 4) is 0 Å². The molecule has 0 saturated heterocycles. The van der Waals surface area contributed by atoms with Crippen LogP contribution in [0.25, 0.3) is 0 Å². The highest BCUT2D eigenvalue weighted by molar-refractivity contribution is 7.99. The highest BCUT2D eigenvalue weighted by atomic mass is 32.2. The summed E-state index contributed by atoms with van der Waals surface area (Å²) >= 11 is 1.70. The number of nitrogens with one attached hydrogen (secondary N) is 1. The molecule has 2 rings (SSSR count). The van der Waals surface area contributed by atoms with Crippen molar-refractivity contribution in [2.45, 2.75) is 24.3 Å². The van der Waals surface area contributed by atoms with Crippen molar-refractivity contribution < 1.29 is 8.81 Å². The van der Waals surface area contributed by atoms with Crippen LogP contribution in [0.4, 0.5) is 4.39 Å². The molecule has 0 bridgehead atoms. The highest BCUT2D eigenvalue weighted by Gasteiger charge is 2.13. The maximum atomic E-state index is 12.8.